The molecule has 136 valence electrons. The predicted molar refractivity (Wildman–Crippen MR) is 110 cm³/mol. The van der Waals surface area contributed by atoms with Crippen molar-refractivity contribution in [2.24, 2.45) is 0 Å². The van der Waals surface area contributed by atoms with Gasteiger partial charge in [0.15, 0.2) is 0 Å². The molecule has 27 heavy (non-hydrogen) atoms. The van der Waals surface area contributed by atoms with Crippen molar-refractivity contribution in [3.63, 3.8) is 0 Å². The van der Waals surface area contributed by atoms with Gasteiger partial charge in [-0.25, -0.2) is 0 Å². The minimum Gasteiger partial charge on any atom is -0.489 e. The summed E-state index contributed by atoms with van der Waals surface area (Å²) in [6, 6.07) is 27.7. The van der Waals surface area contributed by atoms with Gasteiger partial charge < -0.3 is 9.64 Å². The van der Waals surface area contributed by atoms with Gasteiger partial charge in [-0.1, -0.05) is 60.7 Å². The Morgan fingerprint density at radius 2 is 1.70 bits per heavy atom. The molecule has 0 bridgehead atoms. The van der Waals surface area contributed by atoms with Gasteiger partial charge in [0.25, 0.3) is 5.91 Å². The highest BCUT2D eigenvalue weighted by atomic mass is 32.2. The molecule has 1 amide bonds. The van der Waals surface area contributed by atoms with E-state index in [9.17, 15) is 4.79 Å². The van der Waals surface area contributed by atoms with E-state index in [0.717, 1.165) is 34.7 Å². The SMILES string of the molecule is O=C(c1ccccc1)N1CCS[C@H]1c1cccc(OCc2ccccc2)c1. The lowest BCUT2D eigenvalue weighted by atomic mass is 10.1. The molecule has 0 unspecified atom stereocenters. The first-order valence-electron chi connectivity index (χ1n) is 9.05. The van der Waals surface area contributed by atoms with E-state index in [2.05, 4.69) is 24.3 Å². The molecule has 1 fully saturated rings. The van der Waals surface area contributed by atoms with Gasteiger partial charge in [0.2, 0.25) is 0 Å². The molecule has 0 spiro atoms. The molecule has 1 saturated heterocycles. The van der Waals surface area contributed by atoms with Crippen LogP contribution in [0.4, 0.5) is 0 Å². The van der Waals surface area contributed by atoms with E-state index in [-0.39, 0.29) is 11.3 Å². The van der Waals surface area contributed by atoms with Gasteiger partial charge >= 0.3 is 0 Å². The number of benzene rings is 3. The zero-order valence-corrected chi connectivity index (χ0v) is 15.8. The average molecular weight is 375 g/mol. The zero-order chi connectivity index (χ0) is 18.5. The second-order valence-electron chi connectivity index (χ2n) is 6.43. The van der Waals surface area contributed by atoms with Crippen LogP contribution in [-0.2, 0) is 6.61 Å². The molecule has 0 N–H and O–H groups in total. The molecule has 1 aliphatic heterocycles. The van der Waals surface area contributed by atoms with Crippen LogP contribution in [0.2, 0.25) is 0 Å². The fourth-order valence-corrected chi connectivity index (χ4v) is 4.45. The molecule has 0 saturated carbocycles. The number of carbonyl (C=O) groups excluding carboxylic acids is 1. The topological polar surface area (TPSA) is 29.5 Å². The molecule has 1 atom stereocenters. The molecule has 4 heteroatoms. The molecule has 1 heterocycles. The van der Waals surface area contributed by atoms with Gasteiger partial charge in [-0.15, -0.1) is 11.8 Å². The number of thioether (sulfide) groups is 1. The highest BCUT2D eigenvalue weighted by Crippen LogP contribution is 2.39. The van der Waals surface area contributed by atoms with Gasteiger partial charge in [-0.2, -0.15) is 0 Å². The largest absolute Gasteiger partial charge is 0.489 e. The van der Waals surface area contributed by atoms with Crippen LogP contribution in [0.3, 0.4) is 0 Å². The minimum absolute atomic E-state index is 0.0259. The summed E-state index contributed by atoms with van der Waals surface area (Å²) in [7, 11) is 0. The fraction of sp³-hybridized carbons (Fsp3) is 0.174. The lowest BCUT2D eigenvalue weighted by molar-refractivity contribution is 0.0760. The van der Waals surface area contributed by atoms with Crippen molar-refractivity contribution in [2.75, 3.05) is 12.3 Å². The molecule has 0 aliphatic carbocycles. The normalized spacial score (nSPS) is 16.3. The van der Waals surface area contributed by atoms with E-state index in [1.165, 1.54) is 0 Å². The number of nitrogens with zero attached hydrogens (tertiary/aromatic N) is 1. The van der Waals surface area contributed by atoms with E-state index < -0.39 is 0 Å². The Hall–Kier alpha value is -2.72. The number of hydrogen-bond acceptors (Lipinski definition) is 3. The van der Waals surface area contributed by atoms with Crippen molar-refractivity contribution in [1.82, 2.24) is 4.90 Å². The monoisotopic (exact) mass is 375 g/mol. The maximum absolute atomic E-state index is 12.9. The quantitative estimate of drug-likeness (QED) is 0.617. The lowest BCUT2D eigenvalue weighted by Crippen LogP contribution is -2.30. The average Bonchev–Trinajstić information content (AvgIpc) is 3.23. The Balaban J connectivity index is 1.49. The molecule has 1 aliphatic rings. The van der Waals surface area contributed by atoms with Crippen LogP contribution in [0.1, 0.15) is 26.9 Å². The third-order valence-electron chi connectivity index (χ3n) is 4.56. The molecule has 0 aromatic heterocycles. The van der Waals surface area contributed by atoms with E-state index in [0.29, 0.717) is 6.61 Å². The number of carbonyl (C=O) groups is 1. The second kappa shape index (κ2) is 8.31. The van der Waals surface area contributed by atoms with Gasteiger partial charge in [0, 0.05) is 17.9 Å². The predicted octanol–water partition coefficient (Wildman–Crippen LogP) is 5.15. The van der Waals surface area contributed by atoms with Crippen molar-refractivity contribution < 1.29 is 9.53 Å². The molecular formula is C23H21NO2S. The minimum atomic E-state index is 0.0259. The summed E-state index contributed by atoms with van der Waals surface area (Å²) in [5, 5.41) is 0.0259. The summed E-state index contributed by atoms with van der Waals surface area (Å²) in [6.07, 6.45) is 0. The molecular weight excluding hydrogens is 354 g/mol. The summed E-state index contributed by atoms with van der Waals surface area (Å²) in [5.41, 5.74) is 2.98. The molecule has 3 aromatic rings. The summed E-state index contributed by atoms with van der Waals surface area (Å²) in [4.78, 5) is 14.9. The first-order valence-corrected chi connectivity index (χ1v) is 10.1. The Kier molecular flexibility index (Phi) is 5.45. The van der Waals surface area contributed by atoms with Crippen molar-refractivity contribution in [1.29, 1.82) is 0 Å². The first-order chi connectivity index (χ1) is 13.3. The Bertz CT molecular complexity index is 899. The van der Waals surface area contributed by atoms with Gasteiger partial charge in [-0.3, -0.25) is 4.79 Å². The van der Waals surface area contributed by atoms with E-state index in [1.807, 2.05) is 65.6 Å². The maximum atomic E-state index is 12.9. The number of rotatable bonds is 5. The highest BCUT2D eigenvalue weighted by Gasteiger charge is 2.31. The van der Waals surface area contributed by atoms with Gasteiger partial charge in [-0.05, 0) is 35.4 Å². The summed E-state index contributed by atoms with van der Waals surface area (Å²) in [5.74, 6) is 1.86. The standard InChI is InChI=1S/C23H21NO2S/c25-22(19-10-5-2-6-11-19)24-14-15-27-23(24)20-12-7-13-21(16-20)26-17-18-8-3-1-4-9-18/h1-13,16,23H,14-15,17H2/t23-/m0/s1. The Morgan fingerprint density at radius 3 is 2.48 bits per heavy atom. The Labute approximate surface area is 164 Å². The summed E-state index contributed by atoms with van der Waals surface area (Å²) >= 11 is 1.80. The summed E-state index contributed by atoms with van der Waals surface area (Å²) in [6.45, 7) is 1.30. The van der Waals surface area contributed by atoms with Crippen LogP contribution < -0.4 is 4.74 Å². The van der Waals surface area contributed by atoms with Crippen molar-refractivity contribution in [3.8, 4) is 5.75 Å². The van der Waals surface area contributed by atoms with Crippen LogP contribution >= 0.6 is 11.8 Å². The summed E-state index contributed by atoms with van der Waals surface area (Å²) < 4.78 is 5.96. The number of amides is 1. The first kappa shape index (κ1) is 17.7. The maximum Gasteiger partial charge on any atom is 0.255 e. The highest BCUT2D eigenvalue weighted by molar-refractivity contribution is 7.99. The third-order valence-corrected chi connectivity index (χ3v) is 5.82. The van der Waals surface area contributed by atoms with Crippen LogP contribution in [0, 0.1) is 0 Å². The lowest BCUT2D eigenvalue weighted by Gasteiger charge is -2.24. The number of hydrogen-bond donors (Lipinski definition) is 0. The van der Waals surface area contributed by atoms with Crippen molar-refractivity contribution >= 4 is 17.7 Å². The van der Waals surface area contributed by atoms with E-state index in [1.54, 1.807) is 11.8 Å². The van der Waals surface area contributed by atoms with Crippen LogP contribution in [-0.4, -0.2) is 23.1 Å². The smallest absolute Gasteiger partial charge is 0.255 e. The molecule has 3 aromatic carbocycles. The molecule has 0 radical (unpaired) electrons. The van der Waals surface area contributed by atoms with Gasteiger partial charge in [0.05, 0.1) is 0 Å². The van der Waals surface area contributed by atoms with Crippen molar-refractivity contribution in [3.05, 3.63) is 102 Å². The Morgan fingerprint density at radius 1 is 0.963 bits per heavy atom. The van der Waals surface area contributed by atoms with Crippen LogP contribution in [0.25, 0.3) is 0 Å². The van der Waals surface area contributed by atoms with E-state index >= 15 is 0 Å². The van der Waals surface area contributed by atoms with Crippen LogP contribution in [0.15, 0.2) is 84.9 Å². The molecule has 4 rings (SSSR count). The zero-order valence-electron chi connectivity index (χ0n) is 15.0. The second-order valence-corrected chi connectivity index (χ2v) is 7.62. The van der Waals surface area contributed by atoms with Gasteiger partial charge in [0.1, 0.15) is 17.7 Å². The van der Waals surface area contributed by atoms with Crippen LogP contribution in [0.5, 0.6) is 5.75 Å². The number of ether oxygens (including phenoxy) is 1. The third kappa shape index (κ3) is 4.17. The molecule has 3 nitrogen and oxygen atoms in total. The van der Waals surface area contributed by atoms with E-state index in [4.69, 9.17) is 4.74 Å². The van der Waals surface area contributed by atoms with Crippen molar-refractivity contribution in [2.45, 2.75) is 12.0 Å². The fourth-order valence-electron chi connectivity index (χ4n) is 3.20.